The molecule has 1 aliphatic rings. The summed E-state index contributed by atoms with van der Waals surface area (Å²) in [6.07, 6.45) is 2.41. The van der Waals surface area contributed by atoms with E-state index in [9.17, 15) is 4.79 Å². The standard InChI is InChI=1S/C17H17Cl2N3O/c1-11-15(6-7-16(20-11)22-8-2-3-9-22)21-17(23)12-4-5-13(18)14(19)10-12/h4-7,10H,2-3,8-9H2,1H3,(H,21,23). The van der Waals surface area contributed by atoms with Gasteiger partial charge in [0.25, 0.3) is 5.91 Å². The van der Waals surface area contributed by atoms with Gasteiger partial charge in [0.15, 0.2) is 0 Å². The van der Waals surface area contributed by atoms with Gasteiger partial charge in [-0.2, -0.15) is 0 Å². The molecule has 0 radical (unpaired) electrons. The van der Waals surface area contributed by atoms with Gasteiger partial charge in [0.2, 0.25) is 0 Å². The minimum Gasteiger partial charge on any atom is -0.357 e. The number of hydrogen-bond acceptors (Lipinski definition) is 3. The average Bonchev–Trinajstić information content (AvgIpc) is 3.06. The van der Waals surface area contributed by atoms with Gasteiger partial charge in [0.05, 0.1) is 21.4 Å². The maximum Gasteiger partial charge on any atom is 0.255 e. The van der Waals surface area contributed by atoms with Crippen molar-refractivity contribution in [3.63, 3.8) is 0 Å². The molecule has 23 heavy (non-hydrogen) atoms. The third-order valence-corrected chi connectivity index (χ3v) is 4.67. The lowest BCUT2D eigenvalue weighted by Crippen LogP contribution is -2.20. The van der Waals surface area contributed by atoms with Crippen molar-refractivity contribution in [1.82, 2.24) is 4.98 Å². The van der Waals surface area contributed by atoms with Crippen LogP contribution in [0, 0.1) is 6.92 Å². The lowest BCUT2D eigenvalue weighted by molar-refractivity contribution is 0.102. The number of benzene rings is 1. The van der Waals surface area contributed by atoms with E-state index in [1.807, 2.05) is 19.1 Å². The van der Waals surface area contributed by atoms with Crippen LogP contribution in [0.2, 0.25) is 10.0 Å². The second-order valence-corrected chi connectivity index (χ2v) is 6.39. The molecular weight excluding hydrogens is 333 g/mol. The van der Waals surface area contributed by atoms with Crippen LogP contribution in [0.3, 0.4) is 0 Å². The Morgan fingerprint density at radius 1 is 1.13 bits per heavy atom. The summed E-state index contributed by atoms with van der Waals surface area (Å²) in [6, 6.07) is 8.65. The van der Waals surface area contributed by atoms with Gasteiger partial charge >= 0.3 is 0 Å². The van der Waals surface area contributed by atoms with Crippen LogP contribution in [0.25, 0.3) is 0 Å². The molecule has 1 N–H and O–H groups in total. The van der Waals surface area contributed by atoms with Crippen LogP contribution in [0.15, 0.2) is 30.3 Å². The zero-order chi connectivity index (χ0) is 16.4. The Balaban J connectivity index is 1.76. The maximum atomic E-state index is 12.3. The summed E-state index contributed by atoms with van der Waals surface area (Å²) < 4.78 is 0. The number of amides is 1. The lowest BCUT2D eigenvalue weighted by Gasteiger charge is -2.18. The monoisotopic (exact) mass is 349 g/mol. The molecule has 1 amide bonds. The molecule has 0 saturated carbocycles. The van der Waals surface area contributed by atoms with Crippen molar-refractivity contribution in [1.29, 1.82) is 0 Å². The molecule has 1 aromatic carbocycles. The smallest absolute Gasteiger partial charge is 0.255 e. The Kier molecular flexibility index (Phi) is 4.74. The molecule has 0 unspecified atom stereocenters. The number of nitrogens with one attached hydrogen (secondary N) is 1. The molecule has 0 spiro atoms. The predicted molar refractivity (Wildman–Crippen MR) is 94.8 cm³/mol. The minimum absolute atomic E-state index is 0.234. The maximum absolute atomic E-state index is 12.3. The third-order valence-electron chi connectivity index (χ3n) is 3.93. The number of carbonyl (C=O) groups excluding carboxylic acids is 1. The summed E-state index contributed by atoms with van der Waals surface area (Å²) in [5.74, 6) is 0.731. The Hall–Kier alpha value is -1.78. The highest BCUT2D eigenvalue weighted by atomic mass is 35.5. The number of pyridine rings is 1. The molecule has 2 heterocycles. The molecule has 1 fully saturated rings. The topological polar surface area (TPSA) is 45.2 Å². The molecule has 1 saturated heterocycles. The number of nitrogens with zero attached hydrogens (tertiary/aromatic N) is 2. The highest BCUT2D eigenvalue weighted by Crippen LogP contribution is 2.25. The van der Waals surface area contributed by atoms with Crippen molar-refractivity contribution in [2.75, 3.05) is 23.3 Å². The molecule has 120 valence electrons. The normalized spacial score (nSPS) is 14.1. The van der Waals surface area contributed by atoms with E-state index in [0.717, 1.165) is 24.6 Å². The second-order valence-electron chi connectivity index (χ2n) is 5.58. The molecule has 0 bridgehead atoms. The Morgan fingerprint density at radius 2 is 1.87 bits per heavy atom. The van der Waals surface area contributed by atoms with E-state index >= 15 is 0 Å². The van der Waals surface area contributed by atoms with Gasteiger partial charge in [-0.05, 0) is 50.1 Å². The van der Waals surface area contributed by atoms with E-state index in [1.54, 1.807) is 18.2 Å². The first-order valence-electron chi connectivity index (χ1n) is 7.53. The van der Waals surface area contributed by atoms with Crippen LogP contribution in [0.4, 0.5) is 11.5 Å². The van der Waals surface area contributed by atoms with Crippen molar-refractivity contribution in [2.24, 2.45) is 0 Å². The predicted octanol–water partition coefficient (Wildman–Crippen LogP) is 4.55. The largest absolute Gasteiger partial charge is 0.357 e. The van der Waals surface area contributed by atoms with E-state index in [4.69, 9.17) is 23.2 Å². The highest BCUT2D eigenvalue weighted by molar-refractivity contribution is 6.42. The first-order chi connectivity index (χ1) is 11.0. The number of aryl methyl sites for hydroxylation is 1. The molecule has 3 rings (SSSR count). The van der Waals surface area contributed by atoms with Crippen LogP contribution in [-0.2, 0) is 0 Å². The minimum atomic E-state index is -0.234. The summed E-state index contributed by atoms with van der Waals surface area (Å²) >= 11 is 11.8. The number of hydrogen-bond donors (Lipinski definition) is 1. The number of anilines is 2. The van der Waals surface area contributed by atoms with Crippen LogP contribution in [-0.4, -0.2) is 24.0 Å². The zero-order valence-electron chi connectivity index (χ0n) is 12.8. The molecule has 1 aromatic heterocycles. The fourth-order valence-corrected chi connectivity index (χ4v) is 2.93. The summed E-state index contributed by atoms with van der Waals surface area (Å²) in [5.41, 5.74) is 1.95. The number of carbonyl (C=O) groups is 1. The van der Waals surface area contributed by atoms with E-state index in [0.29, 0.717) is 21.3 Å². The van der Waals surface area contributed by atoms with Crippen molar-refractivity contribution in [3.8, 4) is 0 Å². The van der Waals surface area contributed by atoms with Gasteiger partial charge < -0.3 is 10.2 Å². The van der Waals surface area contributed by atoms with E-state index in [-0.39, 0.29) is 5.91 Å². The van der Waals surface area contributed by atoms with Gasteiger partial charge in [-0.1, -0.05) is 23.2 Å². The fraction of sp³-hybridized carbons (Fsp3) is 0.294. The Bertz CT molecular complexity index is 743. The number of rotatable bonds is 3. The van der Waals surface area contributed by atoms with E-state index in [1.165, 1.54) is 12.8 Å². The van der Waals surface area contributed by atoms with Gasteiger partial charge in [-0.3, -0.25) is 4.79 Å². The van der Waals surface area contributed by atoms with Crippen LogP contribution >= 0.6 is 23.2 Å². The quantitative estimate of drug-likeness (QED) is 0.883. The first kappa shape index (κ1) is 16.1. The van der Waals surface area contributed by atoms with Crippen molar-refractivity contribution >= 4 is 40.6 Å². The number of aromatic nitrogens is 1. The van der Waals surface area contributed by atoms with Crippen molar-refractivity contribution in [3.05, 3.63) is 51.6 Å². The molecule has 2 aromatic rings. The van der Waals surface area contributed by atoms with Crippen molar-refractivity contribution < 1.29 is 4.79 Å². The third kappa shape index (κ3) is 3.59. The van der Waals surface area contributed by atoms with E-state index in [2.05, 4.69) is 15.2 Å². The summed E-state index contributed by atoms with van der Waals surface area (Å²) in [7, 11) is 0. The van der Waals surface area contributed by atoms with Gasteiger partial charge in [0.1, 0.15) is 5.82 Å². The lowest BCUT2D eigenvalue weighted by atomic mass is 10.2. The Labute approximate surface area is 145 Å². The second kappa shape index (κ2) is 6.77. The number of halogens is 2. The van der Waals surface area contributed by atoms with Gasteiger partial charge in [0, 0.05) is 18.7 Å². The summed E-state index contributed by atoms with van der Waals surface area (Å²) in [4.78, 5) is 19.2. The van der Waals surface area contributed by atoms with Gasteiger partial charge in [-0.15, -0.1) is 0 Å². The summed E-state index contributed by atoms with van der Waals surface area (Å²) in [5, 5.41) is 3.66. The molecule has 0 atom stereocenters. The van der Waals surface area contributed by atoms with Crippen LogP contribution in [0.5, 0.6) is 0 Å². The van der Waals surface area contributed by atoms with E-state index < -0.39 is 0 Å². The Morgan fingerprint density at radius 3 is 2.52 bits per heavy atom. The SMILES string of the molecule is Cc1nc(N2CCCC2)ccc1NC(=O)c1ccc(Cl)c(Cl)c1. The molecule has 0 aliphatic carbocycles. The summed E-state index contributed by atoms with van der Waals surface area (Å²) in [6.45, 7) is 3.98. The molecule has 1 aliphatic heterocycles. The van der Waals surface area contributed by atoms with Crippen LogP contribution in [0.1, 0.15) is 28.9 Å². The van der Waals surface area contributed by atoms with Crippen LogP contribution < -0.4 is 10.2 Å². The molecule has 4 nitrogen and oxygen atoms in total. The average molecular weight is 350 g/mol. The van der Waals surface area contributed by atoms with Crippen molar-refractivity contribution in [2.45, 2.75) is 19.8 Å². The fourth-order valence-electron chi connectivity index (χ4n) is 2.63. The van der Waals surface area contributed by atoms with Gasteiger partial charge in [-0.25, -0.2) is 4.98 Å². The highest BCUT2D eigenvalue weighted by Gasteiger charge is 2.15. The molecular formula is C17H17Cl2N3O. The first-order valence-corrected chi connectivity index (χ1v) is 8.29. The zero-order valence-corrected chi connectivity index (χ0v) is 14.3. The molecule has 6 heteroatoms.